The molecule has 100 valence electrons. The van der Waals surface area contributed by atoms with E-state index in [1.807, 2.05) is 34.9 Å². The molecule has 0 aliphatic rings. The standard InChI is InChI=1S/C7H10N3.F6P/c1-9-5-6-10(7-9)4-2-3-8;1-7(2,3,4,5)6/h5-7H,2,4H2,1H3;/q+1;-1. The van der Waals surface area contributed by atoms with Crippen LogP contribution >= 0.6 is 7.81 Å². The summed E-state index contributed by atoms with van der Waals surface area (Å²) in [7, 11) is -8.70. The molecule has 10 heteroatoms. The Morgan fingerprint density at radius 1 is 1.24 bits per heavy atom. The Labute approximate surface area is 93.1 Å². The average Bonchev–Trinajstić information content (AvgIpc) is 2.42. The van der Waals surface area contributed by atoms with Gasteiger partial charge in [-0.2, -0.15) is 5.26 Å². The fraction of sp³-hybridized carbons (Fsp3) is 0.429. The molecule has 0 amide bonds. The molecule has 0 saturated heterocycles. The van der Waals surface area contributed by atoms with Crippen LogP contribution in [0.2, 0.25) is 0 Å². The van der Waals surface area contributed by atoms with Crippen LogP contribution in [0.15, 0.2) is 18.7 Å². The Morgan fingerprint density at radius 3 is 2.00 bits per heavy atom. The van der Waals surface area contributed by atoms with Crippen LogP contribution in [0.3, 0.4) is 0 Å². The number of aryl methyl sites for hydroxylation is 2. The van der Waals surface area contributed by atoms with Crippen LogP contribution in [0.4, 0.5) is 25.2 Å². The number of aromatic nitrogens is 2. The topological polar surface area (TPSA) is 32.6 Å². The predicted octanol–water partition coefficient (Wildman–Crippen LogP) is 3.61. The zero-order valence-electron chi connectivity index (χ0n) is 8.70. The Morgan fingerprint density at radius 2 is 1.71 bits per heavy atom. The minimum absolute atomic E-state index is 0.578. The van der Waals surface area contributed by atoms with Crippen molar-refractivity contribution >= 4 is 7.81 Å². The van der Waals surface area contributed by atoms with Crippen molar-refractivity contribution in [2.24, 2.45) is 7.05 Å². The first-order valence-electron chi connectivity index (χ1n) is 4.22. The number of nitriles is 1. The van der Waals surface area contributed by atoms with E-state index in [0.717, 1.165) is 6.54 Å². The monoisotopic (exact) mass is 281 g/mol. The Balaban J connectivity index is 0.000000325. The van der Waals surface area contributed by atoms with Crippen molar-refractivity contribution in [3.05, 3.63) is 18.7 Å². The number of hydrogen-bond acceptors (Lipinski definition) is 1. The number of hydrogen-bond donors (Lipinski definition) is 0. The van der Waals surface area contributed by atoms with Gasteiger partial charge in [0, 0.05) is 0 Å². The molecule has 0 aliphatic carbocycles. The summed E-state index contributed by atoms with van der Waals surface area (Å²) in [6.45, 7) is 0.789. The summed E-state index contributed by atoms with van der Waals surface area (Å²) in [6, 6.07) is 2.10. The molecule has 17 heavy (non-hydrogen) atoms. The second kappa shape index (κ2) is 4.18. The number of imidazole rings is 1. The van der Waals surface area contributed by atoms with E-state index >= 15 is 0 Å². The van der Waals surface area contributed by atoms with Crippen molar-refractivity contribution in [3.63, 3.8) is 0 Å². The predicted molar refractivity (Wildman–Crippen MR) is 49.4 cm³/mol. The van der Waals surface area contributed by atoms with E-state index in [-0.39, 0.29) is 0 Å². The van der Waals surface area contributed by atoms with Crippen molar-refractivity contribution < 1.29 is 29.7 Å². The summed E-state index contributed by atoms with van der Waals surface area (Å²) in [4.78, 5) is 0. The van der Waals surface area contributed by atoms with Crippen LogP contribution in [0.1, 0.15) is 6.42 Å². The van der Waals surface area contributed by atoms with Crippen molar-refractivity contribution in [1.29, 1.82) is 5.26 Å². The molecule has 0 fully saturated rings. The summed E-state index contributed by atoms with van der Waals surface area (Å²) in [5.41, 5.74) is 0. The molecule has 0 atom stereocenters. The fourth-order valence-corrected chi connectivity index (χ4v) is 0.813. The first-order valence-corrected chi connectivity index (χ1v) is 6.25. The summed E-state index contributed by atoms with van der Waals surface area (Å²) in [5.74, 6) is 0. The van der Waals surface area contributed by atoms with Crippen LogP contribution in [0.5, 0.6) is 0 Å². The average molecular weight is 281 g/mol. The fourth-order valence-electron chi connectivity index (χ4n) is 0.813. The van der Waals surface area contributed by atoms with Crippen molar-refractivity contribution in [2.45, 2.75) is 13.0 Å². The molecule has 3 nitrogen and oxygen atoms in total. The molecule has 1 aromatic heterocycles. The van der Waals surface area contributed by atoms with Gasteiger partial charge in [0.1, 0.15) is 18.9 Å². The molecule has 0 aromatic carbocycles. The summed E-state index contributed by atoms with van der Waals surface area (Å²) >= 11 is 0. The summed E-state index contributed by atoms with van der Waals surface area (Å²) in [5, 5.41) is 8.26. The van der Waals surface area contributed by atoms with Gasteiger partial charge in [-0.1, -0.05) is 0 Å². The molecule has 0 spiro atoms. The Hall–Kier alpha value is -1.29. The van der Waals surface area contributed by atoms with Crippen molar-refractivity contribution in [1.82, 2.24) is 4.57 Å². The number of rotatable bonds is 2. The molecule has 0 bridgehead atoms. The molecule has 1 rings (SSSR count). The third kappa shape index (κ3) is 17.3. The van der Waals surface area contributed by atoms with Crippen molar-refractivity contribution in [3.8, 4) is 6.07 Å². The molecule has 0 aliphatic heterocycles. The van der Waals surface area contributed by atoms with E-state index in [1.54, 1.807) is 0 Å². The molecule has 1 heterocycles. The Bertz CT molecular complexity index is 402. The SMILES string of the molecule is C[n+]1ccn(CCC#N)c1.F[P-](F)(F)(F)(F)F. The molecule has 1 aromatic rings. The van der Waals surface area contributed by atoms with Crippen LogP contribution in [-0.2, 0) is 13.6 Å². The van der Waals surface area contributed by atoms with Crippen LogP contribution in [-0.4, -0.2) is 4.57 Å². The van der Waals surface area contributed by atoms with E-state index in [9.17, 15) is 25.2 Å². The first-order chi connectivity index (χ1) is 7.28. The van der Waals surface area contributed by atoms with Gasteiger partial charge in [-0.3, -0.25) is 0 Å². The third-order valence-corrected chi connectivity index (χ3v) is 1.31. The van der Waals surface area contributed by atoms with Crippen LogP contribution < -0.4 is 4.57 Å². The molecule has 0 unspecified atom stereocenters. The molecule has 0 saturated carbocycles. The quantitative estimate of drug-likeness (QED) is 0.463. The molecule has 0 N–H and O–H groups in total. The van der Waals surface area contributed by atoms with E-state index in [1.165, 1.54) is 0 Å². The second-order valence-corrected chi connectivity index (χ2v) is 5.10. The third-order valence-electron chi connectivity index (χ3n) is 1.31. The number of nitrogens with zero attached hydrogens (tertiary/aromatic N) is 3. The van der Waals surface area contributed by atoms with E-state index in [2.05, 4.69) is 6.07 Å². The van der Waals surface area contributed by atoms with Gasteiger partial charge in [0.25, 0.3) is 0 Å². The van der Waals surface area contributed by atoms with Gasteiger partial charge in [0.05, 0.1) is 19.5 Å². The van der Waals surface area contributed by atoms with Gasteiger partial charge in [-0.25, -0.2) is 9.13 Å². The van der Waals surface area contributed by atoms with Gasteiger partial charge in [-0.15, -0.1) is 0 Å². The molecular formula is C7H10F6N3P. The van der Waals surface area contributed by atoms with Crippen LogP contribution in [0, 0.1) is 11.3 Å². The maximum absolute atomic E-state index is 10.7. The van der Waals surface area contributed by atoms with E-state index in [4.69, 9.17) is 5.26 Å². The zero-order chi connectivity index (χ0) is 13.8. The first kappa shape index (κ1) is 15.7. The van der Waals surface area contributed by atoms with E-state index in [0.29, 0.717) is 6.42 Å². The van der Waals surface area contributed by atoms with Gasteiger partial charge < -0.3 is 0 Å². The van der Waals surface area contributed by atoms with E-state index < -0.39 is 7.81 Å². The summed E-state index contributed by atoms with van der Waals surface area (Å²) in [6.07, 6.45) is 6.45. The van der Waals surface area contributed by atoms with Crippen molar-refractivity contribution in [2.75, 3.05) is 0 Å². The maximum atomic E-state index is 9.87. The van der Waals surface area contributed by atoms with Gasteiger partial charge in [0.2, 0.25) is 6.33 Å². The molecule has 0 radical (unpaired) electrons. The van der Waals surface area contributed by atoms with Gasteiger partial charge in [0.15, 0.2) is 0 Å². The zero-order valence-corrected chi connectivity index (χ0v) is 9.60. The number of halogens is 6. The second-order valence-electron chi connectivity index (χ2n) is 3.18. The van der Waals surface area contributed by atoms with Gasteiger partial charge >= 0.3 is 33.0 Å². The summed E-state index contributed by atoms with van der Waals surface area (Å²) < 4.78 is 63.1. The van der Waals surface area contributed by atoms with Gasteiger partial charge in [-0.05, 0) is 0 Å². The Kier molecular flexibility index (Phi) is 3.87. The van der Waals surface area contributed by atoms with Crippen LogP contribution in [0.25, 0.3) is 0 Å². The minimum atomic E-state index is -10.7. The normalized spacial score (nSPS) is 14.9. The molecular weight excluding hydrogens is 271 g/mol.